The van der Waals surface area contributed by atoms with Crippen molar-refractivity contribution in [2.45, 2.75) is 25.2 Å². The Morgan fingerprint density at radius 3 is 2.81 bits per heavy atom. The Hall–Kier alpha value is -2.76. The maximum atomic E-state index is 13.1. The van der Waals surface area contributed by atoms with Crippen molar-refractivity contribution >= 4 is 44.6 Å². The molecule has 12 heteroatoms. The zero-order chi connectivity index (χ0) is 22.3. The van der Waals surface area contributed by atoms with Crippen LogP contribution in [0.15, 0.2) is 26.9 Å². The van der Waals surface area contributed by atoms with E-state index in [0.29, 0.717) is 34.1 Å². The molecule has 3 heterocycles. The van der Waals surface area contributed by atoms with E-state index in [1.54, 1.807) is 19.9 Å². The van der Waals surface area contributed by atoms with Crippen molar-refractivity contribution in [3.05, 3.63) is 44.2 Å². The minimum atomic E-state index is -4.14. The molecule has 0 spiro atoms. The molecular formula is C19H17ClN2O7S2. The quantitative estimate of drug-likeness (QED) is 0.500. The highest BCUT2D eigenvalue weighted by Crippen LogP contribution is 2.43. The van der Waals surface area contributed by atoms with E-state index in [9.17, 15) is 13.2 Å². The monoisotopic (exact) mass is 484 g/mol. The molecular weight excluding hydrogens is 468 g/mol. The molecule has 31 heavy (non-hydrogen) atoms. The summed E-state index contributed by atoms with van der Waals surface area (Å²) in [5, 5.41) is 5.19. The minimum Gasteiger partial charge on any atom is -0.496 e. The Morgan fingerprint density at radius 2 is 2.13 bits per heavy atom. The van der Waals surface area contributed by atoms with Crippen molar-refractivity contribution in [2.75, 3.05) is 18.6 Å². The maximum absolute atomic E-state index is 13.1. The van der Waals surface area contributed by atoms with E-state index in [4.69, 9.17) is 30.3 Å². The van der Waals surface area contributed by atoms with Crippen LogP contribution in [-0.4, -0.2) is 33.3 Å². The molecule has 0 fully saturated rings. The van der Waals surface area contributed by atoms with Gasteiger partial charge in [0, 0.05) is 18.1 Å². The van der Waals surface area contributed by atoms with E-state index < -0.39 is 15.8 Å². The number of nitrogens with zero attached hydrogens (tertiary/aromatic N) is 1. The number of nitrogens with one attached hydrogen (secondary N) is 1. The molecule has 0 atom stereocenters. The van der Waals surface area contributed by atoms with Gasteiger partial charge in [0.2, 0.25) is 6.79 Å². The highest BCUT2D eigenvalue weighted by molar-refractivity contribution is 7.93. The first-order valence-corrected chi connectivity index (χ1v) is 11.7. The fourth-order valence-electron chi connectivity index (χ4n) is 3.16. The van der Waals surface area contributed by atoms with Gasteiger partial charge in [-0.1, -0.05) is 16.8 Å². The van der Waals surface area contributed by atoms with Crippen molar-refractivity contribution in [3.8, 4) is 17.2 Å². The fourth-order valence-corrected chi connectivity index (χ4v) is 5.71. The summed E-state index contributed by atoms with van der Waals surface area (Å²) in [5.74, 6) is 0.860. The summed E-state index contributed by atoms with van der Waals surface area (Å²) in [7, 11) is -2.62. The Morgan fingerprint density at radius 1 is 1.35 bits per heavy atom. The molecule has 2 aromatic heterocycles. The topological polar surface area (TPSA) is 117 Å². The Bertz CT molecular complexity index is 1280. The number of carbonyl (C=O) groups is 1. The number of sulfonamides is 1. The first-order valence-electron chi connectivity index (χ1n) is 8.94. The first-order chi connectivity index (χ1) is 14.7. The number of hydrogen-bond donors (Lipinski definition) is 1. The lowest BCUT2D eigenvalue weighted by atomic mass is 10.00. The van der Waals surface area contributed by atoms with Gasteiger partial charge in [-0.2, -0.15) is 0 Å². The highest BCUT2D eigenvalue weighted by Gasteiger charge is 2.29. The molecule has 0 amide bonds. The van der Waals surface area contributed by atoms with Gasteiger partial charge in [-0.05, 0) is 30.9 Å². The zero-order valence-electron chi connectivity index (χ0n) is 16.6. The van der Waals surface area contributed by atoms with E-state index in [1.807, 2.05) is 0 Å². The van der Waals surface area contributed by atoms with Crippen molar-refractivity contribution in [3.63, 3.8) is 0 Å². The number of benzene rings is 1. The summed E-state index contributed by atoms with van der Waals surface area (Å²) in [6.45, 7) is 3.40. The largest absolute Gasteiger partial charge is 0.496 e. The SMILES string of the molecule is COc1cc2c(c(CC(=O)c3sccc3S(=O)(=O)Nc3onc(C)c3Cl)c1C)OCO2. The minimum absolute atomic E-state index is 0.0308. The second kappa shape index (κ2) is 8.06. The Labute approximate surface area is 186 Å². The summed E-state index contributed by atoms with van der Waals surface area (Å²) in [6.07, 6.45) is -0.0973. The van der Waals surface area contributed by atoms with E-state index >= 15 is 0 Å². The second-order valence-electron chi connectivity index (χ2n) is 6.65. The van der Waals surface area contributed by atoms with Crippen LogP contribution in [0.5, 0.6) is 17.2 Å². The third kappa shape index (κ3) is 3.84. The van der Waals surface area contributed by atoms with E-state index in [1.165, 1.54) is 18.6 Å². The third-order valence-electron chi connectivity index (χ3n) is 4.75. The number of Topliss-reactive ketones (excluding diaryl/α,β-unsaturated/α-hetero) is 1. The van der Waals surface area contributed by atoms with Crippen molar-refractivity contribution in [2.24, 2.45) is 0 Å². The number of hydrogen-bond acceptors (Lipinski definition) is 9. The lowest BCUT2D eigenvalue weighted by molar-refractivity contribution is 0.0992. The van der Waals surface area contributed by atoms with Crippen LogP contribution >= 0.6 is 22.9 Å². The number of ketones is 1. The predicted molar refractivity (Wildman–Crippen MR) is 113 cm³/mol. The first kappa shape index (κ1) is 21.5. The summed E-state index contributed by atoms with van der Waals surface area (Å²) in [4.78, 5) is 13.0. The van der Waals surface area contributed by atoms with Crippen molar-refractivity contribution in [1.82, 2.24) is 5.16 Å². The van der Waals surface area contributed by atoms with Crippen LogP contribution in [0.4, 0.5) is 5.88 Å². The number of thiophene rings is 1. The maximum Gasteiger partial charge on any atom is 0.265 e. The number of fused-ring (bicyclic) bond motifs is 1. The van der Waals surface area contributed by atoms with Crippen LogP contribution in [0.1, 0.15) is 26.5 Å². The predicted octanol–water partition coefficient (Wildman–Crippen LogP) is 3.97. The van der Waals surface area contributed by atoms with Crippen LogP contribution in [0.2, 0.25) is 5.02 Å². The number of aryl methyl sites for hydroxylation is 1. The average Bonchev–Trinajstić information content (AvgIpc) is 3.47. The summed E-state index contributed by atoms with van der Waals surface area (Å²) < 4.78 is 49.2. The number of methoxy groups -OCH3 is 1. The van der Waals surface area contributed by atoms with Crippen molar-refractivity contribution in [1.29, 1.82) is 0 Å². The average molecular weight is 485 g/mol. The van der Waals surface area contributed by atoms with Crippen LogP contribution in [-0.2, 0) is 16.4 Å². The molecule has 1 aromatic carbocycles. The van der Waals surface area contributed by atoms with E-state index in [2.05, 4.69) is 9.88 Å². The molecule has 0 radical (unpaired) electrons. The molecule has 0 saturated carbocycles. The van der Waals surface area contributed by atoms with E-state index in [-0.39, 0.29) is 33.9 Å². The van der Waals surface area contributed by atoms with E-state index in [0.717, 1.165) is 11.3 Å². The number of halogens is 1. The Balaban J connectivity index is 1.66. The fraction of sp³-hybridized carbons (Fsp3) is 0.263. The molecule has 3 aromatic rings. The van der Waals surface area contributed by atoms with Crippen LogP contribution in [0.3, 0.4) is 0 Å². The number of rotatable bonds is 7. The molecule has 0 aliphatic carbocycles. The molecule has 1 N–H and O–H groups in total. The molecule has 9 nitrogen and oxygen atoms in total. The molecule has 1 aliphatic rings. The van der Waals surface area contributed by atoms with Gasteiger partial charge in [-0.15, -0.1) is 11.3 Å². The summed E-state index contributed by atoms with van der Waals surface area (Å²) >= 11 is 7.02. The smallest absolute Gasteiger partial charge is 0.265 e. The second-order valence-corrected chi connectivity index (χ2v) is 9.59. The van der Waals surface area contributed by atoms with Crippen LogP contribution < -0.4 is 18.9 Å². The molecule has 0 bridgehead atoms. The van der Waals surface area contributed by atoms with Gasteiger partial charge in [0.25, 0.3) is 15.9 Å². The van der Waals surface area contributed by atoms with Gasteiger partial charge in [-0.25, -0.2) is 13.1 Å². The number of aromatic nitrogens is 1. The summed E-state index contributed by atoms with van der Waals surface area (Å²) in [6, 6.07) is 3.04. The number of ether oxygens (including phenoxy) is 3. The standard InChI is InChI=1S/C19H17ClN2O7S2/c1-9-11(17-14(27-8-28-17)7-13(9)26-3)6-12(23)18-15(4-5-30-18)31(24,25)22-19-16(20)10(2)21-29-19/h4-5,7,22H,6,8H2,1-3H3. The molecule has 4 rings (SSSR count). The molecule has 0 saturated heterocycles. The number of anilines is 1. The Kier molecular flexibility index (Phi) is 5.58. The lowest BCUT2D eigenvalue weighted by Crippen LogP contribution is -2.16. The van der Waals surface area contributed by atoms with Crippen LogP contribution in [0, 0.1) is 13.8 Å². The highest BCUT2D eigenvalue weighted by atomic mass is 35.5. The molecule has 0 unspecified atom stereocenters. The lowest BCUT2D eigenvalue weighted by Gasteiger charge is -2.13. The van der Waals surface area contributed by atoms with Gasteiger partial charge in [0.05, 0.1) is 12.0 Å². The van der Waals surface area contributed by atoms with Gasteiger partial charge in [0.1, 0.15) is 21.4 Å². The molecule has 1 aliphatic heterocycles. The van der Waals surface area contributed by atoms with Gasteiger partial charge in [0.15, 0.2) is 17.3 Å². The van der Waals surface area contributed by atoms with Gasteiger partial charge >= 0.3 is 0 Å². The van der Waals surface area contributed by atoms with Gasteiger partial charge in [-0.3, -0.25) is 4.79 Å². The van der Waals surface area contributed by atoms with Gasteiger partial charge < -0.3 is 18.7 Å². The normalized spacial score (nSPS) is 12.8. The van der Waals surface area contributed by atoms with Crippen LogP contribution in [0.25, 0.3) is 0 Å². The third-order valence-corrected chi connectivity index (χ3v) is 7.65. The number of carbonyl (C=O) groups excluding carboxylic acids is 1. The molecule has 164 valence electrons. The summed E-state index contributed by atoms with van der Waals surface area (Å²) in [5.41, 5.74) is 1.63. The van der Waals surface area contributed by atoms with Crippen molar-refractivity contribution < 1.29 is 31.9 Å². The zero-order valence-corrected chi connectivity index (χ0v) is 19.0.